The molecule has 1 aliphatic rings. The first kappa shape index (κ1) is 12.2. The lowest BCUT2D eigenvalue weighted by Gasteiger charge is -2.10. The van der Waals surface area contributed by atoms with E-state index >= 15 is 0 Å². The summed E-state index contributed by atoms with van der Waals surface area (Å²) in [7, 11) is 1.21. The SMILES string of the molecule is C=C(COC(=O)C1CCC(=O)N1)C(=O)OC. The average Bonchev–Trinajstić information content (AvgIpc) is 2.71. The number of nitrogens with one attached hydrogen (secondary N) is 1. The standard InChI is InChI=1S/C10H13NO5/c1-6(9(13)15-2)5-16-10(14)7-3-4-8(12)11-7/h7H,1,3-5H2,2H3,(H,11,12). The van der Waals surface area contributed by atoms with Gasteiger partial charge in [0.05, 0.1) is 12.7 Å². The predicted octanol–water partition coefficient (Wildman–Crippen LogP) is -0.463. The summed E-state index contributed by atoms with van der Waals surface area (Å²) in [6, 6.07) is -0.613. The van der Waals surface area contributed by atoms with Crippen LogP contribution in [-0.2, 0) is 23.9 Å². The van der Waals surface area contributed by atoms with Gasteiger partial charge >= 0.3 is 11.9 Å². The molecule has 88 valence electrons. The predicted molar refractivity (Wildman–Crippen MR) is 53.3 cm³/mol. The Balaban J connectivity index is 2.33. The van der Waals surface area contributed by atoms with Crippen LogP contribution in [0.15, 0.2) is 12.2 Å². The van der Waals surface area contributed by atoms with Crippen LogP contribution in [0, 0.1) is 0 Å². The summed E-state index contributed by atoms with van der Waals surface area (Å²) >= 11 is 0. The summed E-state index contributed by atoms with van der Waals surface area (Å²) in [5.74, 6) is -1.35. The smallest absolute Gasteiger partial charge is 0.336 e. The van der Waals surface area contributed by atoms with Crippen molar-refractivity contribution in [3.8, 4) is 0 Å². The second kappa shape index (κ2) is 5.29. The maximum Gasteiger partial charge on any atom is 0.336 e. The zero-order valence-electron chi connectivity index (χ0n) is 8.95. The molecule has 0 spiro atoms. The molecule has 1 atom stereocenters. The van der Waals surface area contributed by atoms with Crippen LogP contribution in [0.3, 0.4) is 0 Å². The van der Waals surface area contributed by atoms with E-state index in [1.165, 1.54) is 7.11 Å². The summed E-state index contributed by atoms with van der Waals surface area (Å²) in [4.78, 5) is 33.1. The molecule has 16 heavy (non-hydrogen) atoms. The number of esters is 2. The van der Waals surface area contributed by atoms with Crippen LogP contribution in [0.2, 0.25) is 0 Å². The average molecular weight is 227 g/mol. The van der Waals surface area contributed by atoms with Crippen LogP contribution in [0.25, 0.3) is 0 Å². The molecule has 0 saturated carbocycles. The number of ether oxygens (including phenoxy) is 2. The Hall–Kier alpha value is -1.85. The molecular formula is C10H13NO5. The fourth-order valence-electron chi connectivity index (χ4n) is 1.25. The van der Waals surface area contributed by atoms with Crippen molar-refractivity contribution in [1.29, 1.82) is 0 Å². The Kier molecular flexibility index (Phi) is 4.04. The van der Waals surface area contributed by atoms with Gasteiger partial charge in [0, 0.05) is 6.42 Å². The maximum absolute atomic E-state index is 11.4. The Labute approximate surface area is 92.6 Å². The number of methoxy groups -OCH3 is 1. The first-order valence-corrected chi connectivity index (χ1v) is 4.76. The maximum atomic E-state index is 11.4. The quantitative estimate of drug-likeness (QED) is 0.519. The molecule has 0 aromatic rings. The number of hydrogen-bond acceptors (Lipinski definition) is 5. The van der Waals surface area contributed by atoms with Crippen molar-refractivity contribution >= 4 is 17.8 Å². The van der Waals surface area contributed by atoms with Gasteiger partial charge in [-0.25, -0.2) is 9.59 Å². The molecule has 0 aliphatic carbocycles. The fourth-order valence-corrected chi connectivity index (χ4v) is 1.25. The van der Waals surface area contributed by atoms with Gasteiger partial charge in [-0.2, -0.15) is 0 Å². The van der Waals surface area contributed by atoms with Crippen molar-refractivity contribution < 1.29 is 23.9 Å². The number of rotatable bonds is 4. The van der Waals surface area contributed by atoms with Crippen molar-refractivity contribution in [3.05, 3.63) is 12.2 Å². The molecule has 0 bridgehead atoms. The van der Waals surface area contributed by atoms with E-state index in [2.05, 4.69) is 16.6 Å². The molecule has 1 amide bonds. The molecule has 1 unspecified atom stereocenters. The Morgan fingerprint density at radius 2 is 2.25 bits per heavy atom. The van der Waals surface area contributed by atoms with Crippen molar-refractivity contribution in [2.24, 2.45) is 0 Å². The van der Waals surface area contributed by atoms with E-state index in [1.54, 1.807) is 0 Å². The fraction of sp³-hybridized carbons (Fsp3) is 0.500. The van der Waals surface area contributed by atoms with Crippen molar-refractivity contribution in [2.75, 3.05) is 13.7 Å². The third-order valence-electron chi connectivity index (χ3n) is 2.14. The van der Waals surface area contributed by atoms with Crippen LogP contribution in [-0.4, -0.2) is 37.6 Å². The molecule has 0 aromatic carbocycles. The van der Waals surface area contributed by atoms with Gasteiger partial charge in [-0.15, -0.1) is 0 Å². The highest BCUT2D eigenvalue weighted by Gasteiger charge is 2.28. The summed E-state index contributed by atoms with van der Waals surface area (Å²) in [5, 5.41) is 2.46. The van der Waals surface area contributed by atoms with Crippen LogP contribution in [0.1, 0.15) is 12.8 Å². The summed E-state index contributed by atoms with van der Waals surface area (Å²) in [6.07, 6.45) is 0.736. The van der Waals surface area contributed by atoms with E-state index in [0.29, 0.717) is 12.8 Å². The number of hydrogen-bond donors (Lipinski definition) is 1. The van der Waals surface area contributed by atoms with Gasteiger partial charge in [-0.05, 0) is 6.42 Å². The molecule has 0 aromatic heterocycles. The highest BCUT2D eigenvalue weighted by molar-refractivity contribution is 5.90. The second-order valence-electron chi connectivity index (χ2n) is 3.36. The Morgan fingerprint density at radius 3 is 2.75 bits per heavy atom. The van der Waals surface area contributed by atoms with E-state index < -0.39 is 18.0 Å². The lowest BCUT2D eigenvalue weighted by atomic mass is 10.2. The molecule has 0 radical (unpaired) electrons. The van der Waals surface area contributed by atoms with Crippen molar-refractivity contribution in [2.45, 2.75) is 18.9 Å². The minimum atomic E-state index is -0.622. The number of amides is 1. The highest BCUT2D eigenvalue weighted by Crippen LogP contribution is 2.08. The second-order valence-corrected chi connectivity index (χ2v) is 3.36. The molecule has 1 fully saturated rings. The number of carbonyl (C=O) groups is 3. The van der Waals surface area contributed by atoms with Crippen LogP contribution in [0.4, 0.5) is 0 Å². The third kappa shape index (κ3) is 3.08. The molecule has 6 nitrogen and oxygen atoms in total. The monoisotopic (exact) mass is 227 g/mol. The molecule has 1 N–H and O–H groups in total. The first-order chi connectivity index (χ1) is 7.54. The van der Waals surface area contributed by atoms with E-state index in [1.807, 2.05) is 0 Å². The summed E-state index contributed by atoms with van der Waals surface area (Å²) in [6.45, 7) is 3.18. The summed E-state index contributed by atoms with van der Waals surface area (Å²) in [5.41, 5.74) is 0.0557. The van der Waals surface area contributed by atoms with Gasteiger partial charge in [-0.3, -0.25) is 4.79 Å². The highest BCUT2D eigenvalue weighted by atomic mass is 16.5. The van der Waals surface area contributed by atoms with E-state index in [4.69, 9.17) is 4.74 Å². The van der Waals surface area contributed by atoms with Gasteiger partial charge in [0.25, 0.3) is 0 Å². The van der Waals surface area contributed by atoms with E-state index in [0.717, 1.165) is 0 Å². The lowest BCUT2D eigenvalue weighted by Crippen LogP contribution is -2.35. The van der Waals surface area contributed by atoms with E-state index in [9.17, 15) is 14.4 Å². The van der Waals surface area contributed by atoms with Crippen molar-refractivity contribution in [1.82, 2.24) is 5.32 Å². The van der Waals surface area contributed by atoms with E-state index in [-0.39, 0.29) is 18.1 Å². The van der Waals surface area contributed by atoms with Gasteiger partial charge < -0.3 is 14.8 Å². The normalized spacial score (nSPS) is 18.8. The van der Waals surface area contributed by atoms with Crippen LogP contribution < -0.4 is 5.32 Å². The van der Waals surface area contributed by atoms with Gasteiger partial charge in [0.15, 0.2) is 0 Å². The molecule has 1 heterocycles. The molecule has 6 heteroatoms. The Morgan fingerprint density at radius 1 is 1.56 bits per heavy atom. The van der Waals surface area contributed by atoms with Gasteiger partial charge in [-0.1, -0.05) is 6.58 Å². The molecule has 1 aliphatic heterocycles. The zero-order chi connectivity index (χ0) is 12.1. The zero-order valence-corrected chi connectivity index (χ0v) is 8.95. The number of carbonyl (C=O) groups excluding carboxylic acids is 3. The Bertz CT molecular complexity index is 336. The lowest BCUT2D eigenvalue weighted by molar-refractivity contribution is -0.146. The van der Waals surface area contributed by atoms with Crippen LogP contribution >= 0.6 is 0 Å². The van der Waals surface area contributed by atoms with Crippen LogP contribution in [0.5, 0.6) is 0 Å². The molecule has 1 rings (SSSR count). The topological polar surface area (TPSA) is 81.7 Å². The first-order valence-electron chi connectivity index (χ1n) is 4.76. The third-order valence-corrected chi connectivity index (χ3v) is 2.14. The largest absolute Gasteiger partial charge is 0.466 e. The minimum Gasteiger partial charge on any atom is -0.466 e. The van der Waals surface area contributed by atoms with Gasteiger partial charge in [0.2, 0.25) is 5.91 Å². The summed E-state index contributed by atoms with van der Waals surface area (Å²) < 4.78 is 9.19. The molecule has 1 saturated heterocycles. The van der Waals surface area contributed by atoms with Gasteiger partial charge in [0.1, 0.15) is 12.6 Å². The molecular weight excluding hydrogens is 214 g/mol. The van der Waals surface area contributed by atoms with Crippen molar-refractivity contribution in [3.63, 3.8) is 0 Å². The minimum absolute atomic E-state index is 0.0557.